The predicted molar refractivity (Wildman–Crippen MR) is 113 cm³/mol. The summed E-state index contributed by atoms with van der Waals surface area (Å²) < 4.78 is 5.65. The summed E-state index contributed by atoms with van der Waals surface area (Å²) in [6.45, 7) is 2.02. The van der Waals surface area contributed by atoms with E-state index in [4.69, 9.17) is 16.3 Å². The summed E-state index contributed by atoms with van der Waals surface area (Å²) in [4.78, 5) is 12.5. The van der Waals surface area contributed by atoms with Crippen LogP contribution in [0.4, 0.5) is 5.13 Å². The quantitative estimate of drug-likeness (QED) is 0.629. The number of carbonyl (C=O) groups excluding carboxylic acids is 1. The topological polar surface area (TPSA) is 76.1 Å². The first-order valence-electron chi connectivity index (χ1n) is 8.52. The zero-order chi connectivity index (χ0) is 18.6. The molecule has 1 aliphatic rings. The minimum absolute atomic E-state index is 0. The summed E-state index contributed by atoms with van der Waals surface area (Å²) in [7, 11) is 0. The van der Waals surface area contributed by atoms with E-state index in [2.05, 4.69) is 20.8 Å². The molecule has 1 aromatic heterocycles. The van der Waals surface area contributed by atoms with E-state index in [0.29, 0.717) is 26.5 Å². The van der Waals surface area contributed by atoms with Crippen LogP contribution in [-0.2, 0) is 19.6 Å². The van der Waals surface area contributed by atoms with Crippen LogP contribution < -0.4 is 15.4 Å². The smallest absolute Gasteiger partial charge is 0.257 e. The van der Waals surface area contributed by atoms with Crippen LogP contribution in [0.3, 0.4) is 0 Å². The maximum absolute atomic E-state index is 12.5. The Balaban J connectivity index is 0.00000225. The highest BCUT2D eigenvalue weighted by molar-refractivity contribution is 7.15. The second-order valence-electron chi connectivity index (χ2n) is 6.08. The number of halogens is 2. The Bertz CT molecular complexity index is 980. The van der Waals surface area contributed by atoms with Crippen molar-refractivity contribution in [3.05, 3.63) is 69.2 Å². The molecule has 0 spiro atoms. The van der Waals surface area contributed by atoms with Crippen molar-refractivity contribution in [2.24, 2.45) is 0 Å². The molecule has 0 aliphatic carbocycles. The molecule has 0 atom stereocenters. The van der Waals surface area contributed by atoms with Gasteiger partial charge in [-0.2, -0.15) is 0 Å². The fraction of sp³-hybridized carbons (Fsp3) is 0.211. The maximum atomic E-state index is 12.5. The molecule has 2 heterocycles. The summed E-state index contributed by atoms with van der Waals surface area (Å²) in [5, 5.41) is 15.8. The molecule has 4 rings (SSSR count). The maximum Gasteiger partial charge on any atom is 0.257 e. The standard InChI is InChI=1S/C19H17ClN4O2S.ClH/c20-15-3-1-2-4-16(15)26-11-17-23-24-19(27-17)22-18(25)13-5-6-14-10-21-8-7-12(14)9-13;/h1-6,9,21H,7-8,10-11H2,(H,22,24,25);1H. The lowest BCUT2D eigenvalue weighted by Gasteiger charge is -2.17. The molecule has 1 amide bonds. The highest BCUT2D eigenvalue weighted by Gasteiger charge is 2.14. The lowest BCUT2D eigenvalue weighted by Crippen LogP contribution is -2.24. The van der Waals surface area contributed by atoms with Crippen LogP contribution in [0.5, 0.6) is 5.75 Å². The van der Waals surface area contributed by atoms with Gasteiger partial charge in [-0.1, -0.05) is 41.1 Å². The van der Waals surface area contributed by atoms with Gasteiger partial charge in [0.2, 0.25) is 5.13 Å². The Hall–Kier alpha value is -2.19. The average molecular weight is 437 g/mol. The number of nitrogens with one attached hydrogen (secondary N) is 2. The van der Waals surface area contributed by atoms with Gasteiger partial charge in [0.15, 0.2) is 5.01 Å². The minimum atomic E-state index is -0.189. The summed E-state index contributed by atoms with van der Waals surface area (Å²) in [6.07, 6.45) is 0.929. The van der Waals surface area contributed by atoms with Gasteiger partial charge in [-0.05, 0) is 48.4 Å². The van der Waals surface area contributed by atoms with Crippen LogP contribution in [0, 0.1) is 0 Å². The number of fused-ring (bicyclic) bond motifs is 1. The number of hydrogen-bond acceptors (Lipinski definition) is 6. The Morgan fingerprint density at radius 2 is 2.07 bits per heavy atom. The first kappa shape index (κ1) is 20.5. The molecule has 28 heavy (non-hydrogen) atoms. The Morgan fingerprint density at radius 1 is 1.21 bits per heavy atom. The van der Waals surface area contributed by atoms with Gasteiger partial charge in [-0.15, -0.1) is 22.6 Å². The molecule has 2 aromatic carbocycles. The van der Waals surface area contributed by atoms with Gasteiger partial charge in [0.05, 0.1) is 5.02 Å². The van der Waals surface area contributed by atoms with Crippen LogP contribution >= 0.6 is 35.3 Å². The van der Waals surface area contributed by atoms with Crippen LogP contribution in [0.2, 0.25) is 5.02 Å². The average Bonchev–Trinajstić information content (AvgIpc) is 3.14. The second-order valence-corrected chi connectivity index (χ2v) is 7.55. The van der Waals surface area contributed by atoms with Crippen molar-refractivity contribution in [3.63, 3.8) is 0 Å². The van der Waals surface area contributed by atoms with Crippen molar-refractivity contribution < 1.29 is 9.53 Å². The number of hydrogen-bond donors (Lipinski definition) is 2. The fourth-order valence-corrected chi connectivity index (χ4v) is 3.69. The molecule has 2 N–H and O–H groups in total. The molecular formula is C19H18Cl2N4O2S. The molecule has 3 aromatic rings. The van der Waals surface area contributed by atoms with Crippen LogP contribution in [0.1, 0.15) is 26.5 Å². The number of carbonyl (C=O) groups is 1. The van der Waals surface area contributed by atoms with E-state index in [-0.39, 0.29) is 24.9 Å². The predicted octanol–water partition coefficient (Wildman–Crippen LogP) is 4.09. The second kappa shape index (κ2) is 9.34. The Morgan fingerprint density at radius 3 is 2.93 bits per heavy atom. The summed E-state index contributed by atoms with van der Waals surface area (Å²) in [5.74, 6) is 0.398. The Kier molecular flexibility index (Phi) is 6.85. The number of para-hydroxylation sites is 1. The normalized spacial score (nSPS) is 12.6. The van der Waals surface area contributed by atoms with Gasteiger partial charge in [0.1, 0.15) is 12.4 Å². The Labute approximate surface area is 177 Å². The molecule has 6 nitrogen and oxygen atoms in total. The number of benzene rings is 2. The summed E-state index contributed by atoms with van der Waals surface area (Å²) >= 11 is 7.34. The van der Waals surface area contributed by atoms with E-state index >= 15 is 0 Å². The van der Waals surface area contributed by atoms with Crippen molar-refractivity contribution in [2.45, 2.75) is 19.6 Å². The van der Waals surface area contributed by atoms with Gasteiger partial charge >= 0.3 is 0 Å². The van der Waals surface area contributed by atoms with E-state index in [1.807, 2.05) is 30.3 Å². The molecule has 9 heteroatoms. The van der Waals surface area contributed by atoms with E-state index in [1.165, 1.54) is 22.5 Å². The number of anilines is 1. The zero-order valence-electron chi connectivity index (χ0n) is 14.8. The van der Waals surface area contributed by atoms with Crippen LogP contribution in [0.15, 0.2) is 42.5 Å². The van der Waals surface area contributed by atoms with Crippen molar-refractivity contribution >= 4 is 46.4 Å². The lowest BCUT2D eigenvalue weighted by molar-refractivity contribution is 0.102. The van der Waals surface area contributed by atoms with Crippen molar-refractivity contribution in [1.29, 1.82) is 0 Å². The van der Waals surface area contributed by atoms with Gasteiger partial charge < -0.3 is 10.1 Å². The summed E-state index contributed by atoms with van der Waals surface area (Å²) in [6, 6.07) is 13.0. The number of aromatic nitrogens is 2. The van der Waals surface area contributed by atoms with Crippen LogP contribution in [-0.4, -0.2) is 22.6 Å². The molecule has 146 valence electrons. The van der Waals surface area contributed by atoms with Gasteiger partial charge in [-0.25, -0.2) is 0 Å². The van der Waals surface area contributed by atoms with Crippen LogP contribution in [0.25, 0.3) is 0 Å². The van der Waals surface area contributed by atoms with Crippen molar-refractivity contribution in [3.8, 4) is 5.75 Å². The van der Waals surface area contributed by atoms with Crippen molar-refractivity contribution in [2.75, 3.05) is 11.9 Å². The van der Waals surface area contributed by atoms with E-state index < -0.39 is 0 Å². The fourth-order valence-electron chi connectivity index (χ4n) is 2.85. The number of ether oxygens (including phenoxy) is 1. The van der Waals surface area contributed by atoms with Gasteiger partial charge in [-0.3, -0.25) is 10.1 Å². The molecule has 0 unspecified atom stereocenters. The molecule has 0 fully saturated rings. The van der Waals surface area contributed by atoms with Crippen molar-refractivity contribution in [1.82, 2.24) is 15.5 Å². The largest absolute Gasteiger partial charge is 0.485 e. The van der Waals surface area contributed by atoms with Gasteiger partial charge in [0, 0.05) is 12.1 Å². The zero-order valence-corrected chi connectivity index (χ0v) is 17.2. The summed E-state index contributed by atoms with van der Waals surface area (Å²) in [5.41, 5.74) is 3.08. The molecule has 0 bridgehead atoms. The first-order chi connectivity index (χ1) is 13.2. The molecule has 1 aliphatic heterocycles. The van der Waals surface area contributed by atoms with E-state index in [9.17, 15) is 4.79 Å². The lowest BCUT2D eigenvalue weighted by atomic mass is 9.98. The monoisotopic (exact) mass is 436 g/mol. The van der Waals surface area contributed by atoms with E-state index in [0.717, 1.165) is 19.5 Å². The minimum Gasteiger partial charge on any atom is -0.485 e. The van der Waals surface area contributed by atoms with Gasteiger partial charge in [0.25, 0.3) is 5.91 Å². The number of rotatable bonds is 5. The molecular weight excluding hydrogens is 419 g/mol. The highest BCUT2D eigenvalue weighted by Crippen LogP contribution is 2.25. The SMILES string of the molecule is Cl.O=C(Nc1nnc(COc2ccccc2Cl)s1)c1ccc2c(c1)CCNC2. The molecule has 0 radical (unpaired) electrons. The molecule has 0 saturated heterocycles. The van der Waals surface area contributed by atoms with E-state index in [1.54, 1.807) is 12.1 Å². The highest BCUT2D eigenvalue weighted by atomic mass is 35.5. The molecule has 0 saturated carbocycles. The third kappa shape index (κ3) is 4.80. The third-order valence-electron chi connectivity index (χ3n) is 4.23. The number of nitrogens with zero attached hydrogens (tertiary/aromatic N) is 2. The third-order valence-corrected chi connectivity index (χ3v) is 5.35. The first-order valence-corrected chi connectivity index (χ1v) is 9.72. The number of amides is 1.